The third-order valence-corrected chi connectivity index (χ3v) is 3.98. The maximum absolute atomic E-state index is 11.5. The van der Waals surface area contributed by atoms with E-state index in [9.17, 15) is 4.91 Å². The standard InChI is InChI=1S/C20H18N2O/c23-22-20(18-10-6-14-21-15-18)19-11-5-4-9-17(19)13-12-16-7-2-1-3-8-16/h1-11,14-15,20H,12-13H2. The first kappa shape index (κ1) is 15.1. The van der Waals surface area contributed by atoms with E-state index in [1.54, 1.807) is 12.4 Å². The SMILES string of the molecule is O=NC(c1cccnc1)c1ccccc1CCc1ccccc1. The molecule has 0 bridgehead atoms. The highest BCUT2D eigenvalue weighted by atomic mass is 16.3. The van der Waals surface area contributed by atoms with Gasteiger partial charge >= 0.3 is 0 Å². The van der Waals surface area contributed by atoms with E-state index in [-0.39, 0.29) is 0 Å². The second-order valence-electron chi connectivity index (χ2n) is 5.48. The Labute approximate surface area is 136 Å². The molecular weight excluding hydrogens is 284 g/mol. The first-order valence-corrected chi connectivity index (χ1v) is 7.72. The smallest absolute Gasteiger partial charge is 0.144 e. The highest BCUT2D eigenvalue weighted by molar-refractivity contribution is 5.37. The second-order valence-corrected chi connectivity index (χ2v) is 5.48. The maximum Gasteiger partial charge on any atom is 0.144 e. The number of hydrogen-bond acceptors (Lipinski definition) is 3. The Hall–Kier alpha value is -2.81. The van der Waals surface area contributed by atoms with Crippen LogP contribution in [0.1, 0.15) is 28.3 Å². The van der Waals surface area contributed by atoms with Crippen LogP contribution in [-0.2, 0) is 12.8 Å². The number of aromatic nitrogens is 1. The van der Waals surface area contributed by atoms with Crippen molar-refractivity contribution in [3.05, 3.63) is 106 Å². The van der Waals surface area contributed by atoms with Gasteiger partial charge in [-0.25, -0.2) is 0 Å². The van der Waals surface area contributed by atoms with Gasteiger partial charge in [-0.05, 0) is 35.6 Å². The first-order valence-electron chi connectivity index (χ1n) is 7.72. The number of hydrogen-bond donors (Lipinski definition) is 0. The Morgan fingerprint density at radius 2 is 1.65 bits per heavy atom. The number of nitroso groups, excluding NO2 is 1. The van der Waals surface area contributed by atoms with Crippen molar-refractivity contribution in [2.75, 3.05) is 0 Å². The predicted octanol–water partition coefficient (Wildman–Crippen LogP) is 4.72. The van der Waals surface area contributed by atoms with E-state index in [1.165, 1.54) is 5.56 Å². The summed E-state index contributed by atoms with van der Waals surface area (Å²) in [5.74, 6) is 0. The van der Waals surface area contributed by atoms with E-state index in [1.807, 2.05) is 48.5 Å². The number of aryl methyl sites for hydroxylation is 2. The van der Waals surface area contributed by atoms with E-state index < -0.39 is 6.04 Å². The van der Waals surface area contributed by atoms with Gasteiger partial charge < -0.3 is 0 Å². The highest BCUT2D eigenvalue weighted by Gasteiger charge is 2.17. The second kappa shape index (κ2) is 7.45. The lowest BCUT2D eigenvalue weighted by atomic mass is 9.93. The van der Waals surface area contributed by atoms with Gasteiger partial charge in [0.2, 0.25) is 0 Å². The number of pyridine rings is 1. The molecule has 0 saturated heterocycles. The Morgan fingerprint density at radius 3 is 2.39 bits per heavy atom. The van der Waals surface area contributed by atoms with Crippen molar-refractivity contribution in [2.45, 2.75) is 18.9 Å². The number of rotatable bonds is 6. The molecule has 0 aliphatic carbocycles. The molecule has 3 heteroatoms. The molecule has 3 aromatic rings. The van der Waals surface area contributed by atoms with Crippen molar-refractivity contribution in [3.63, 3.8) is 0 Å². The minimum Gasteiger partial charge on any atom is -0.264 e. The zero-order valence-corrected chi connectivity index (χ0v) is 12.8. The summed E-state index contributed by atoms with van der Waals surface area (Å²) in [5, 5.41) is 3.35. The van der Waals surface area contributed by atoms with Gasteiger partial charge in [0.25, 0.3) is 0 Å². The van der Waals surface area contributed by atoms with Crippen LogP contribution in [0.15, 0.2) is 84.3 Å². The van der Waals surface area contributed by atoms with Crippen LogP contribution in [0.25, 0.3) is 0 Å². The van der Waals surface area contributed by atoms with Crippen LogP contribution in [0.4, 0.5) is 0 Å². The van der Waals surface area contributed by atoms with Crippen LogP contribution >= 0.6 is 0 Å². The Balaban J connectivity index is 1.86. The number of nitrogens with zero attached hydrogens (tertiary/aromatic N) is 2. The molecule has 0 N–H and O–H groups in total. The van der Waals surface area contributed by atoms with Crippen LogP contribution in [0, 0.1) is 4.91 Å². The summed E-state index contributed by atoms with van der Waals surface area (Å²) in [4.78, 5) is 15.6. The summed E-state index contributed by atoms with van der Waals surface area (Å²) in [6.45, 7) is 0. The lowest BCUT2D eigenvalue weighted by Gasteiger charge is -2.14. The van der Waals surface area contributed by atoms with Crippen LogP contribution in [0.3, 0.4) is 0 Å². The van der Waals surface area contributed by atoms with E-state index >= 15 is 0 Å². The summed E-state index contributed by atoms with van der Waals surface area (Å²) in [6.07, 6.45) is 5.23. The Morgan fingerprint density at radius 1 is 0.870 bits per heavy atom. The van der Waals surface area contributed by atoms with Crippen LogP contribution in [-0.4, -0.2) is 4.98 Å². The molecule has 23 heavy (non-hydrogen) atoms. The lowest BCUT2D eigenvalue weighted by Crippen LogP contribution is -2.03. The van der Waals surface area contributed by atoms with Crippen molar-refractivity contribution in [1.29, 1.82) is 0 Å². The molecule has 0 aliphatic rings. The molecule has 1 heterocycles. The van der Waals surface area contributed by atoms with Gasteiger partial charge in [0, 0.05) is 18.0 Å². The Bertz CT molecular complexity index is 757. The molecule has 0 spiro atoms. The van der Waals surface area contributed by atoms with Gasteiger partial charge in [-0.3, -0.25) is 4.98 Å². The largest absolute Gasteiger partial charge is 0.264 e. The van der Waals surface area contributed by atoms with Gasteiger partial charge in [-0.1, -0.05) is 65.8 Å². The molecule has 3 rings (SSSR count). The van der Waals surface area contributed by atoms with Crippen molar-refractivity contribution >= 4 is 0 Å². The topological polar surface area (TPSA) is 42.3 Å². The number of benzene rings is 2. The molecule has 0 radical (unpaired) electrons. The Kier molecular flexibility index (Phi) is 4.89. The fourth-order valence-electron chi connectivity index (χ4n) is 2.79. The van der Waals surface area contributed by atoms with Crippen molar-refractivity contribution in [2.24, 2.45) is 5.18 Å². The third kappa shape index (κ3) is 3.69. The normalized spacial score (nSPS) is 11.8. The van der Waals surface area contributed by atoms with Crippen molar-refractivity contribution in [3.8, 4) is 0 Å². The van der Waals surface area contributed by atoms with E-state index in [0.29, 0.717) is 0 Å². The maximum atomic E-state index is 11.5. The molecule has 0 aliphatic heterocycles. The molecule has 0 saturated carbocycles. The van der Waals surface area contributed by atoms with Crippen LogP contribution in [0.5, 0.6) is 0 Å². The van der Waals surface area contributed by atoms with E-state index in [0.717, 1.165) is 29.5 Å². The summed E-state index contributed by atoms with van der Waals surface area (Å²) in [6, 6.07) is 21.6. The average Bonchev–Trinajstić information content (AvgIpc) is 2.63. The molecule has 3 nitrogen and oxygen atoms in total. The minimum absolute atomic E-state index is 0.504. The molecule has 1 unspecified atom stereocenters. The average molecular weight is 302 g/mol. The highest BCUT2D eigenvalue weighted by Crippen LogP contribution is 2.28. The van der Waals surface area contributed by atoms with Crippen molar-refractivity contribution < 1.29 is 0 Å². The molecule has 114 valence electrons. The summed E-state index contributed by atoms with van der Waals surface area (Å²) < 4.78 is 0. The summed E-state index contributed by atoms with van der Waals surface area (Å²) in [5.41, 5.74) is 4.24. The molecular formula is C20H18N2O. The summed E-state index contributed by atoms with van der Waals surface area (Å²) in [7, 11) is 0. The molecule has 1 atom stereocenters. The fraction of sp³-hybridized carbons (Fsp3) is 0.150. The minimum atomic E-state index is -0.504. The lowest BCUT2D eigenvalue weighted by molar-refractivity contribution is 0.823. The molecule has 2 aromatic carbocycles. The van der Waals surface area contributed by atoms with Gasteiger partial charge in [-0.2, -0.15) is 0 Å². The van der Waals surface area contributed by atoms with Gasteiger partial charge in [0.1, 0.15) is 6.04 Å². The zero-order valence-electron chi connectivity index (χ0n) is 12.8. The molecule has 1 aromatic heterocycles. The van der Waals surface area contributed by atoms with Gasteiger partial charge in [-0.15, -0.1) is 4.91 Å². The molecule has 0 amide bonds. The molecule has 0 fully saturated rings. The van der Waals surface area contributed by atoms with E-state index in [2.05, 4.69) is 28.4 Å². The van der Waals surface area contributed by atoms with E-state index in [4.69, 9.17) is 0 Å². The van der Waals surface area contributed by atoms with Gasteiger partial charge in [0.15, 0.2) is 0 Å². The first-order chi connectivity index (χ1) is 11.4. The van der Waals surface area contributed by atoms with Gasteiger partial charge in [0.05, 0.1) is 0 Å². The van der Waals surface area contributed by atoms with Crippen molar-refractivity contribution in [1.82, 2.24) is 4.98 Å². The van der Waals surface area contributed by atoms with Crippen LogP contribution in [0.2, 0.25) is 0 Å². The quantitative estimate of drug-likeness (QED) is 0.618. The monoisotopic (exact) mass is 302 g/mol. The van der Waals surface area contributed by atoms with Crippen LogP contribution < -0.4 is 0 Å². The fourth-order valence-corrected chi connectivity index (χ4v) is 2.79. The zero-order chi connectivity index (χ0) is 15.9. The predicted molar refractivity (Wildman–Crippen MR) is 92.2 cm³/mol. The summed E-state index contributed by atoms with van der Waals surface area (Å²) >= 11 is 0. The third-order valence-electron chi connectivity index (χ3n) is 3.98.